The number of nitrogens with zero attached hydrogens (tertiary/aromatic N) is 2. The van der Waals surface area contributed by atoms with Gasteiger partial charge in [0.05, 0.1) is 7.11 Å². The topological polar surface area (TPSA) is 56.8 Å². The molecule has 0 atom stereocenters. The summed E-state index contributed by atoms with van der Waals surface area (Å²) >= 11 is 0. The Balaban J connectivity index is 2.66. The summed E-state index contributed by atoms with van der Waals surface area (Å²) in [6.07, 6.45) is 2.68. The molecule has 0 fully saturated rings. The highest BCUT2D eigenvalue weighted by molar-refractivity contribution is 5.79. The van der Waals surface area contributed by atoms with E-state index in [1.54, 1.807) is 7.11 Å². The number of fused-ring (bicyclic) bond motifs is 1. The predicted octanol–water partition coefficient (Wildman–Crippen LogP) is 2.83. The molecule has 84 valence electrons. The molecule has 0 bridgehead atoms. The first kappa shape index (κ1) is 11.2. The van der Waals surface area contributed by atoms with Crippen LogP contribution in [0.15, 0.2) is 23.8 Å². The molecule has 3 heteroatoms. The number of hydrogen-bond acceptors (Lipinski definition) is 3. The van der Waals surface area contributed by atoms with Gasteiger partial charge in [-0.1, -0.05) is 12.1 Å². The van der Waals surface area contributed by atoms with Crippen molar-refractivity contribution in [3.05, 3.63) is 34.9 Å². The molecule has 1 aromatic carbocycles. The Labute approximate surface area is 101 Å². The molecule has 0 saturated carbocycles. The fraction of sp³-hybridized carbons (Fsp3) is 0.286. The molecule has 0 heterocycles. The summed E-state index contributed by atoms with van der Waals surface area (Å²) in [6, 6.07) is 9.73. The Morgan fingerprint density at radius 2 is 2.00 bits per heavy atom. The number of methoxy groups -OCH3 is 1. The summed E-state index contributed by atoms with van der Waals surface area (Å²) in [4.78, 5) is 0. The maximum absolute atomic E-state index is 8.97. The van der Waals surface area contributed by atoms with Gasteiger partial charge in [-0.2, -0.15) is 10.5 Å². The highest BCUT2D eigenvalue weighted by atomic mass is 16.5. The molecule has 2 rings (SSSR count). The first-order chi connectivity index (χ1) is 8.31. The van der Waals surface area contributed by atoms with Crippen LogP contribution in [-0.4, -0.2) is 7.11 Å². The zero-order valence-electron chi connectivity index (χ0n) is 9.66. The Morgan fingerprint density at radius 3 is 2.65 bits per heavy atom. The SMILES string of the molecule is COc1cccc2c1CCCC2=C(C#N)C#N. The minimum absolute atomic E-state index is 0.221. The second-order valence-corrected chi connectivity index (χ2v) is 3.92. The van der Waals surface area contributed by atoms with E-state index in [0.717, 1.165) is 41.7 Å². The van der Waals surface area contributed by atoms with E-state index in [1.165, 1.54) is 0 Å². The Hall–Kier alpha value is -2.26. The molecule has 0 aromatic heterocycles. The van der Waals surface area contributed by atoms with E-state index in [2.05, 4.69) is 0 Å². The molecule has 1 aliphatic carbocycles. The normalized spacial score (nSPS) is 13.2. The van der Waals surface area contributed by atoms with Crippen molar-refractivity contribution >= 4 is 5.57 Å². The van der Waals surface area contributed by atoms with Gasteiger partial charge in [-0.15, -0.1) is 0 Å². The third kappa shape index (κ3) is 1.88. The summed E-state index contributed by atoms with van der Waals surface area (Å²) in [6.45, 7) is 0. The Bertz CT molecular complexity index is 543. The van der Waals surface area contributed by atoms with Crippen LogP contribution in [0.2, 0.25) is 0 Å². The first-order valence-corrected chi connectivity index (χ1v) is 5.51. The Kier molecular flexibility index (Phi) is 3.12. The second kappa shape index (κ2) is 4.72. The van der Waals surface area contributed by atoms with Gasteiger partial charge in [0.1, 0.15) is 23.5 Å². The molecule has 1 aliphatic rings. The number of ether oxygens (including phenoxy) is 1. The van der Waals surface area contributed by atoms with E-state index in [9.17, 15) is 0 Å². The van der Waals surface area contributed by atoms with Gasteiger partial charge >= 0.3 is 0 Å². The number of benzene rings is 1. The standard InChI is InChI=1S/C14H12N2O/c1-17-14-7-3-5-12-11(10(8-15)9-16)4-2-6-13(12)14/h3,5,7H,2,4,6H2,1H3. The maximum atomic E-state index is 8.97. The fourth-order valence-corrected chi connectivity index (χ4v) is 2.29. The van der Waals surface area contributed by atoms with Gasteiger partial charge in [0.15, 0.2) is 0 Å². The number of hydrogen-bond donors (Lipinski definition) is 0. The lowest BCUT2D eigenvalue weighted by atomic mass is 9.84. The highest BCUT2D eigenvalue weighted by Gasteiger charge is 2.20. The third-order valence-electron chi connectivity index (χ3n) is 3.06. The molecule has 3 nitrogen and oxygen atoms in total. The molecular weight excluding hydrogens is 212 g/mol. The zero-order chi connectivity index (χ0) is 12.3. The van der Waals surface area contributed by atoms with E-state index in [0.29, 0.717) is 0 Å². The smallest absolute Gasteiger partial charge is 0.133 e. The van der Waals surface area contributed by atoms with Crippen LogP contribution < -0.4 is 4.74 Å². The third-order valence-corrected chi connectivity index (χ3v) is 3.06. The lowest BCUT2D eigenvalue weighted by Gasteiger charge is -2.21. The molecule has 0 radical (unpaired) electrons. The van der Waals surface area contributed by atoms with Gasteiger partial charge in [0.25, 0.3) is 0 Å². The molecular formula is C14H12N2O. The van der Waals surface area contributed by atoms with Crippen molar-refractivity contribution in [1.82, 2.24) is 0 Å². The van der Waals surface area contributed by atoms with Crippen LogP contribution in [0, 0.1) is 22.7 Å². The van der Waals surface area contributed by atoms with Crippen molar-refractivity contribution in [3.8, 4) is 17.9 Å². The number of rotatable bonds is 1. The van der Waals surface area contributed by atoms with Crippen LogP contribution in [-0.2, 0) is 6.42 Å². The van der Waals surface area contributed by atoms with E-state index in [4.69, 9.17) is 15.3 Å². The Morgan fingerprint density at radius 1 is 1.24 bits per heavy atom. The first-order valence-electron chi connectivity index (χ1n) is 5.51. The lowest BCUT2D eigenvalue weighted by molar-refractivity contribution is 0.408. The van der Waals surface area contributed by atoms with Gasteiger partial charge in [-0.05, 0) is 36.5 Å². The quantitative estimate of drug-likeness (QED) is 0.689. The van der Waals surface area contributed by atoms with Crippen molar-refractivity contribution < 1.29 is 4.74 Å². The van der Waals surface area contributed by atoms with Crippen LogP contribution in [0.5, 0.6) is 5.75 Å². The summed E-state index contributed by atoms with van der Waals surface area (Å²) in [5.41, 5.74) is 3.18. The second-order valence-electron chi connectivity index (χ2n) is 3.92. The van der Waals surface area contributed by atoms with Crippen LogP contribution in [0.1, 0.15) is 24.0 Å². The minimum atomic E-state index is 0.221. The van der Waals surface area contributed by atoms with E-state index in [-0.39, 0.29) is 5.57 Å². The van der Waals surface area contributed by atoms with Crippen LogP contribution in [0.25, 0.3) is 5.57 Å². The van der Waals surface area contributed by atoms with E-state index < -0.39 is 0 Å². The van der Waals surface area contributed by atoms with Crippen LogP contribution >= 0.6 is 0 Å². The monoisotopic (exact) mass is 224 g/mol. The van der Waals surface area contributed by atoms with Gasteiger partial charge in [-0.25, -0.2) is 0 Å². The molecule has 1 aromatic rings. The largest absolute Gasteiger partial charge is 0.496 e. The maximum Gasteiger partial charge on any atom is 0.133 e. The summed E-state index contributed by atoms with van der Waals surface area (Å²) < 4.78 is 5.32. The lowest BCUT2D eigenvalue weighted by Crippen LogP contribution is -2.05. The fourth-order valence-electron chi connectivity index (χ4n) is 2.29. The molecule has 0 saturated heterocycles. The minimum Gasteiger partial charge on any atom is -0.496 e. The van der Waals surface area contributed by atoms with E-state index in [1.807, 2.05) is 30.3 Å². The number of allylic oxidation sites excluding steroid dienone is 2. The van der Waals surface area contributed by atoms with Gasteiger partial charge < -0.3 is 4.74 Å². The summed E-state index contributed by atoms with van der Waals surface area (Å²) in [5, 5.41) is 17.9. The molecule has 0 spiro atoms. The summed E-state index contributed by atoms with van der Waals surface area (Å²) in [5.74, 6) is 0.843. The van der Waals surface area contributed by atoms with Gasteiger partial charge in [0, 0.05) is 5.56 Å². The van der Waals surface area contributed by atoms with Crippen molar-refractivity contribution in [1.29, 1.82) is 10.5 Å². The van der Waals surface area contributed by atoms with Crippen molar-refractivity contribution in [2.24, 2.45) is 0 Å². The van der Waals surface area contributed by atoms with Crippen molar-refractivity contribution in [2.45, 2.75) is 19.3 Å². The van der Waals surface area contributed by atoms with Crippen LogP contribution in [0.4, 0.5) is 0 Å². The van der Waals surface area contributed by atoms with Gasteiger partial charge in [-0.3, -0.25) is 0 Å². The number of nitriles is 2. The molecule has 0 N–H and O–H groups in total. The molecule has 0 amide bonds. The highest BCUT2D eigenvalue weighted by Crippen LogP contribution is 2.37. The molecule has 0 aliphatic heterocycles. The average Bonchev–Trinajstić information content (AvgIpc) is 2.39. The molecule has 17 heavy (non-hydrogen) atoms. The predicted molar refractivity (Wildman–Crippen MR) is 64.1 cm³/mol. The zero-order valence-corrected chi connectivity index (χ0v) is 9.66. The van der Waals surface area contributed by atoms with Crippen LogP contribution in [0.3, 0.4) is 0 Å². The van der Waals surface area contributed by atoms with Crippen molar-refractivity contribution in [3.63, 3.8) is 0 Å². The molecule has 0 unspecified atom stereocenters. The summed E-state index contributed by atoms with van der Waals surface area (Å²) in [7, 11) is 1.64. The van der Waals surface area contributed by atoms with Crippen molar-refractivity contribution in [2.75, 3.05) is 7.11 Å². The average molecular weight is 224 g/mol. The van der Waals surface area contributed by atoms with Gasteiger partial charge in [0.2, 0.25) is 0 Å². The van der Waals surface area contributed by atoms with E-state index >= 15 is 0 Å².